The van der Waals surface area contributed by atoms with Crippen LogP contribution in [-0.2, 0) is 22.7 Å². The van der Waals surface area contributed by atoms with Gasteiger partial charge in [0.2, 0.25) is 17.6 Å². The first-order valence-corrected chi connectivity index (χ1v) is 24.6. The second-order valence-corrected chi connectivity index (χ2v) is 19.3. The van der Waals surface area contributed by atoms with Gasteiger partial charge in [-0.15, -0.1) is 10.2 Å². The van der Waals surface area contributed by atoms with Gasteiger partial charge < -0.3 is 40.3 Å². The molecule has 0 spiro atoms. The average molecular weight is 967 g/mol. The number of aryl methyl sites for hydroxylation is 2. The average Bonchev–Trinajstić information content (AvgIpc) is 3.95. The van der Waals surface area contributed by atoms with Crippen molar-refractivity contribution < 1.29 is 38.9 Å². The number of hydrogen-bond donors (Lipinski definition) is 5. The van der Waals surface area contributed by atoms with Gasteiger partial charge in [-0.3, -0.25) is 34.0 Å². The maximum absolute atomic E-state index is 13.8. The van der Waals surface area contributed by atoms with Gasteiger partial charge in [-0.05, 0) is 124 Å². The summed E-state index contributed by atoms with van der Waals surface area (Å²) in [7, 11) is 0. The number of phenols is 2. The van der Waals surface area contributed by atoms with E-state index in [0.29, 0.717) is 99.0 Å². The monoisotopic (exact) mass is 966 g/mol. The molecule has 0 bridgehead atoms. The molecule has 1 atom stereocenters. The predicted octanol–water partition coefficient (Wildman–Crippen LogP) is 6.24. The first-order chi connectivity index (χ1) is 34.2. The number of carbonyl (C=O) groups is 5. The Bertz CT molecular complexity index is 2830. The van der Waals surface area contributed by atoms with E-state index in [9.17, 15) is 34.2 Å². The largest absolute Gasteiger partial charge is 0.508 e. The quantitative estimate of drug-likeness (QED) is 0.0940. The van der Waals surface area contributed by atoms with E-state index >= 15 is 0 Å². The molecule has 0 saturated carbocycles. The van der Waals surface area contributed by atoms with E-state index in [-0.39, 0.29) is 58.7 Å². The molecule has 71 heavy (non-hydrogen) atoms. The summed E-state index contributed by atoms with van der Waals surface area (Å²) >= 11 is 0. The Kier molecular flexibility index (Phi) is 14.0. The van der Waals surface area contributed by atoms with Crippen molar-refractivity contribution in [1.82, 2.24) is 40.1 Å². The highest BCUT2D eigenvalue weighted by atomic mass is 16.6. The fourth-order valence-electron chi connectivity index (χ4n) is 10.4. The number of rotatable bonds is 12. The third-order valence-corrected chi connectivity index (χ3v) is 14.3. The molecule has 0 radical (unpaired) electrons. The lowest BCUT2D eigenvalue weighted by Gasteiger charge is -2.39. The number of ether oxygens (including phenoxy) is 1. The number of anilines is 2. The van der Waals surface area contributed by atoms with Crippen LogP contribution in [-0.4, -0.2) is 128 Å². The van der Waals surface area contributed by atoms with Crippen LogP contribution in [0.1, 0.15) is 101 Å². The van der Waals surface area contributed by atoms with Crippen molar-refractivity contribution in [2.45, 2.75) is 85.4 Å². The van der Waals surface area contributed by atoms with Crippen LogP contribution in [0.25, 0.3) is 17.1 Å². The molecule has 1 unspecified atom stereocenters. The number of piperazine rings is 1. The zero-order valence-electron chi connectivity index (χ0n) is 41.0. The van der Waals surface area contributed by atoms with Crippen molar-refractivity contribution in [2.75, 3.05) is 62.6 Å². The van der Waals surface area contributed by atoms with E-state index in [4.69, 9.17) is 4.74 Å². The summed E-state index contributed by atoms with van der Waals surface area (Å²) in [4.78, 5) is 73.7. The summed E-state index contributed by atoms with van der Waals surface area (Å²) in [6.45, 7) is 15.5. The van der Waals surface area contributed by atoms with E-state index in [1.807, 2.05) is 75.9 Å². The summed E-state index contributed by atoms with van der Waals surface area (Å²) in [5.74, 6) is 0.218. The van der Waals surface area contributed by atoms with E-state index < -0.39 is 12.0 Å². The molecule has 5 aromatic rings. The summed E-state index contributed by atoms with van der Waals surface area (Å²) in [5, 5.41) is 38.5. The van der Waals surface area contributed by atoms with E-state index in [0.717, 1.165) is 53.9 Å². The SMILES string of the molecule is CCNC(=O)c1nnc(-c2cc(C(C)C)c(O)cc2O)n1-c1ccc(CN2CCC(C(=O)N3CCN(c4cc(C)c(OC(=O)Nc5cccc6c5CN(C5CCC(=O)NC5)C6=O)c(C)c4)CC3)CC2)cc1. The van der Waals surface area contributed by atoms with Gasteiger partial charge in [-0.2, -0.15) is 0 Å². The number of amides is 5. The second-order valence-electron chi connectivity index (χ2n) is 19.3. The fourth-order valence-corrected chi connectivity index (χ4v) is 10.4. The van der Waals surface area contributed by atoms with Gasteiger partial charge in [0, 0.05) is 99.0 Å². The van der Waals surface area contributed by atoms with Crippen LogP contribution in [0.2, 0.25) is 0 Å². The minimum absolute atomic E-state index is 0.0116. The van der Waals surface area contributed by atoms with E-state index in [2.05, 4.69) is 35.9 Å². The lowest BCUT2D eigenvalue weighted by molar-refractivity contribution is -0.137. The third kappa shape index (κ3) is 10.1. The first kappa shape index (κ1) is 48.5. The maximum atomic E-state index is 13.8. The molecule has 1 aromatic heterocycles. The summed E-state index contributed by atoms with van der Waals surface area (Å²) in [6.07, 6.45) is 1.86. The standard InChI is InChI=1S/C53H62N10O8/c1-6-54-50(67)49-58-57-48(41-26-40(31(2)3)44(64)27-45(41)65)63(49)36-12-10-34(11-13-36)29-59-18-16-35(17-19-59)51(68)61-22-20-60(21-23-61)38-24-32(4)47(33(5)25-38)71-53(70)56-43-9-7-8-39-42(43)30-62(52(39)69)37-14-15-46(66)55-28-37/h7-13,24-27,31,35,37,64-65H,6,14-23,28-30H2,1-5H3,(H,54,67)(H,55,66)(H,56,70). The van der Waals surface area contributed by atoms with Gasteiger partial charge in [0.25, 0.3) is 11.8 Å². The molecule has 5 N–H and O–H groups in total. The van der Waals surface area contributed by atoms with Crippen LogP contribution >= 0.6 is 0 Å². The molecule has 4 aliphatic rings. The molecule has 9 rings (SSSR count). The number of carbonyl (C=O) groups excluding carboxylic acids is 5. The highest BCUT2D eigenvalue weighted by Gasteiger charge is 2.37. The smallest absolute Gasteiger partial charge is 0.417 e. The summed E-state index contributed by atoms with van der Waals surface area (Å²) < 4.78 is 7.51. The molecule has 4 aromatic carbocycles. The molecule has 0 aliphatic carbocycles. The van der Waals surface area contributed by atoms with Crippen LogP contribution in [0.5, 0.6) is 17.2 Å². The minimum atomic E-state index is -0.650. The number of nitrogens with one attached hydrogen (secondary N) is 3. The topological polar surface area (TPSA) is 215 Å². The van der Waals surface area contributed by atoms with Crippen molar-refractivity contribution in [3.63, 3.8) is 0 Å². The number of piperidine rings is 2. The normalized spacial score (nSPS) is 17.6. The molecule has 18 heteroatoms. The van der Waals surface area contributed by atoms with Gasteiger partial charge in [0.1, 0.15) is 17.2 Å². The Morgan fingerprint density at radius 2 is 1.56 bits per heavy atom. The number of aromatic hydroxyl groups is 2. The highest BCUT2D eigenvalue weighted by Crippen LogP contribution is 2.39. The van der Waals surface area contributed by atoms with Gasteiger partial charge in [0.05, 0.1) is 11.6 Å². The molecular weight excluding hydrogens is 905 g/mol. The fraction of sp³-hybridized carbons (Fsp3) is 0.415. The van der Waals surface area contributed by atoms with Crippen molar-refractivity contribution in [1.29, 1.82) is 0 Å². The molecule has 3 saturated heterocycles. The minimum Gasteiger partial charge on any atom is -0.508 e. The summed E-state index contributed by atoms with van der Waals surface area (Å²) in [5.41, 5.74) is 7.08. The lowest BCUT2D eigenvalue weighted by Crippen LogP contribution is -2.51. The van der Waals surface area contributed by atoms with Crippen LogP contribution in [0.15, 0.2) is 66.7 Å². The van der Waals surface area contributed by atoms with Crippen molar-refractivity contribution in [2.24, 2.45) is 5.92 Å². The number of phenolic OH excluding ortho intramolecular Hbond substituents is 2. The van der Waals surface area contributed by atoms with Gasteiger partial charge in [-0.25, -0.2) is 4.79 Å². The van der Waals surface area contributed by atoms with Crippen molar-refractivity contribution in [3.8, 4) is 34.3 Å². The van der Waals surface area contributed by atoms with Crippen molar-refractivity contribution in [3.05, 3.63) is 106 Å². The van der Waals surface area contributed by atoms with Crippen LogP contribution < -0.4 is 25.6 Å². The Morgan fingerprint density at radius 1 is 0.845 bits per heavy atom. The highest BCUT2D eigenvalue weighted by molar-refractivity contribution is 6.02. The third-order valence-electron chi connectivity index (χ3n) is 14.3. The van der Waals surface area contributed by atoms with E-state index in [1.165, 1.54) is 6.07 Å². The van der Waals surface area contributed by atoms with Crippen LogP contribution in [0.4, 0.5) is 16.2 Å². The van der Waals surface area contributed by atoms with E-state index in [1.54, 1.807) is 33.7 Å². The molecule has 18 nitrogen and oxygen atoms in total. The molecule has 5 amide bonds. The zero-order valence-corrected chi connectivity index (χ0v) is 41.0. The second kappa shape index (κ2) is 20.5. The number of nitrogens with zero attached hydrogens (tertiary/aromatic N) is 7. The Balaban J connectivity index is 0.765. The Morgan fingerprint density at radius 3 is 2.23 bits per heavy atom. The number of hydrogen-bond acceptors (Lipinski definition) is 12. The maximum Gasteiger partial charge on any atom is 0.417 e. The first-order valence-electron chi connectivity index (χ1n) is 24.6. The molecule has 372 valence electrons. The summed E-state index contributed by atoms with van der Waals surface area (Å²) in [6, 6.07) is 20.0. The molecule has 5 heterocycles. The van der Waals surface area contributed by atoms with Gasteiger partial charge in [-0.1, -0.05) is 32.0 Å². The molecular formula is C53H62N10O8. The predicted molar refractivity (Wildman–Crippen MR) is 267 cm³/mol. The van der Waals surface area contributed by atoms with Gasteiger partial charge in [0.15, 0.2) is 5.82 Å². The number of aromatic nitrogens is 3. The lowest BCUT2D eigenvalue weighted by atomic mass is 9.94. The molecule has 4 aliphatic heterocycles. The number of benzene rings is 4. The van der Waals surface area contributed by atoms with Gasteiger partial charge >= 0.3 is 6.09 Å². The van der Waals surface area contributed by atoms with Crippen LogP contribution in [0.3, 0.4) is 0 Å². The van der Waals surface area contributed by atoms with Crippen LogP contribution in [0, 0.1) is 19.8 Å². The Hall–Kier alpha value is -7.47. The van der Waals surface area contributed by atoms with Crippen molar-refractivity contribution >= 4 is 41.1 Å². The number of likely N-dealkylation sites (tertiary alicyclic amines) is 1. The zero-order chi connectivity index (χ0) is 50.1. The molecule has 3 fully saturated rings. The number of fused-ring (bicyclic) bond motifs is 1. The Labute approximate surface area is 413 Å².